The normalized spacial score (nSPS) is 19.7. The van der Waals surface area contributed by atoms with Crippen molar-refractivity contribution in [3.8, 4) is 0 Å². The summed E-state index contributed by atoms with van der Waals surface area (Å²) < 4.78 is 26.6. The monoisotopic (exact) mass is 226 g/mol. The van der Waals surface area contributed by atoms with Gasteiger partial charge in [-0.3, -0.25) is 0 Å². The molecule has 2 rings (SSSR count). The average molecular weight is 226 g/mol. The Bertz CT molecular complexity index is 362. The quantitative estimate of drug-likeness (QED) is 0.809. The summed E-state index contributed by atoms with van der Waals surface area (Å²) in [6, 6.07) is 3.07. The summed E-state index contributed by atoms with van der Waals surface area (Å²) in [5.74, 6) is -0.606. The van der Waals surface area contributed by atoms with Crippen LogP contribution in [0.5, 0.6) is 0 Å². The zero-order chi connectivity index (χ0) is 11.5. The van der Waals surface area contributed by atoms with Crippen molar-refractivity contribution in [2.45, 2.75) is 18.9 Å². The molecule has 0 bridgehead atoms. The molecular formula is C12H16F2N2. The molecule has 1 aromatic carbocycles. The van der Waals surface area contributed by atoms with Crippen LogP contribution >= 0.6 is 0 Å². The standard InChI is InChI=1S/C12H16F2N2/c13-9-1-2-11(14)10(7-9)12(15)8-3-5-16-6-4-8/h1-2,7-8,12,16H,3-6,15H2. The Balaban J connectivity index is 2.18. The number of hydrogen-bond acceptors (Lipinski definition) is 2. The van der Waals surface area contributed by atoms with Gasteiger partial charge in [-0.05, 0) is 50.0 Å². The van der Waals surface area contributed by atoms with Gasteiger partial charge in [0.25, 0.3) is 0 Å². The Morgan fingerprint density at radius 3 is 2.62 bits per heavy atom. The van der Waals surface area contributed by atoms with Gasteiger partial charge < -0.3 is 11.1 Å². The van der Waals surface area contributed by atoms with Gasteiger partial charge in [-0.1, -0.05) is 0 Å². The second-order valence-corrected chi connectivity index (χ2v) is 4.28. The Hall–Kier alpha value is -1.00. The van der Waals surface area contributed by atoms with Gasteiger partial charge in [-0.15, -0.1) is 0 Å². The lowest BCUT2D eigenvalue weighted by Gasteiger charge is -2.28. The first kappa shape index (κ1) is 11.5. The van der Waals surface area contributed by atoms with E-state index in [9.17, 15) is 8.78 Å². The SMILES string of the molecule is NC(c1cc(F)ccc1F)C1CCNCC1. The minimum atomic E-state index is -0.430. The maximum atomic E-state index is 13.5. The molecule has 1 aromatic rings. The number of nitrogens with one attached hydrogen (secondary N) is 1. The maximum absolute atomic E-state index is 13.5. The molecule has 1 saturated heterocycles. The first-order valence-electron chi connectivity index (χ1n) is 5.59. The largest absolute Gasteiger partial charge is 0.324 e. The second kappa shape index (κ2) is 4.89. The molecule has 1 aliphatic heterocycles. The van der Waals surface area contributed by atoms with E-state index in [4.69, 9.17) is 5.73 Å². The number of hydrogen-bond donors (Lipinski definition) is 2. The summed E-state index contributed by atoms with van der Waals surface area (Å²) in [5.41, 5.74) is 6.30. The molecule has 0 aromatic heterocycles. The molecule has 16 heavy (non-hydrogen) atoms. The molecule has 2 nitrogen and oxygen atoms in total. The molecule has 0 radical (unpaired) electrons. The minimum Gasteiger partial charge on any atom is -0.324 e. The van der Waals surface area contributed by atoms with Gasteiger partial charge in [0.2, 0.25) is 0 Å². The van der Waals surface area contributed by atoms with Crippen molar-refractivity contribution in [1.82, 2.24) is 5.32 Å². The fraction of sp³-hybridized carbons (Fsp3) is 0.500. The molecule has 0 amide bonds. The van der Waals surface area contributed by atoms with Crippen molar-refractivity contribution >= 4 is 0 Å². The zero-order valence-corrected chi connectivity index (χ0v) is 9.05. The fourth-order valence-corrected chi connectivity index (χ4v) is 2.23. The molecule has 3 N–H and O–H groups in total. The summed E-state index contributed by atoms with van der Waals surface area (Å²) >= 11 is 0. The molecule has 4 heteroatoms. The number of nitrogens with two attached hydrogens (primary N) is 1. The Morgan fingerprint density at radius 2 is 1.94 bits per heavy atom. The van der Waals surface area contributed by atoms with Gasteiger partial charge in [0, 0.05) is 11.6 Å². The zero-order valence-electron chi connectivity index (χ0n) is 9.05. The molecule has 1 aliphatic rings. The van der Waals surface area contributed by atoms with Crippen LogP contribution in [0.15, 0.2) is 18.2 Å². The van der Waals surface area contributed by atoms with Gasteiger partial charge in [0.15, 0.2) is 0 Å². The molecule has 0 aliphatic carbocycles. The first-order chi connectivity index (χ1) is 7.68. The van der Waals surface area contributed by atoms with E-state index in [0.717, 1.165) is 38.1 Å². The third-order valence-electron chi connectivity index (χ3n) is 3.21. The highest BCUT2D eigenvalue weighted by Gasteiger charge is 2.24. The first-order valence-corrected chi connectivity index (χ1v) is 5.59. The van der Waals surface area contributed by atoms with Crippen molar-refractivity contribution in [3.05, 3.63) is 35.4 Å². The van der Waals surface area contributed by atoms with Crippen molar-refractivity contribution in [3.63, 3.8) is 0 Å². The van der Waals surface area contributed by atoms with E-state index in [-0.39, 0.29) is 5.92 Å². The van der Waals surface area contributed by atoms with E-state index in [0.29, 0.717) is 5.56 Å². The van der Waals surface area contributed by atoms with E-state index in [1.54, 1.807) is 0 Å². The summed E-state index contributed by atoms with van der Waals surface area (Å²) in [7, 11) is 0. The van der Waals surface area contributed by atoms with Crippen LogP contribution in [-0.4, -0.2) is 13.1 Å². The van der Waals surface area contributed by atoms with E-state index < -0.39 is 17.7 Å². The van der Waals surface area contributed by atoms with Crippen LogP contribution in [0.2, 0.25) is 0 Å². The maximum Gasteiger partial charge on any atom is 0.128 e. The lowest BCUT2D eigenvalue weighted by atomic mass is 9.86. The van der Waals surface area contributed by atoms with E-state index >= 15 is 0 Å². The number of benzene rings is 1. The van der Waals surface area contributed by atoms with Crippen LogP contribution in [-0.2, 0) is 0 Å². The second-order valence-electron chi connectivity index (χ2n) is 4.28. The fourth-order valence-electron chi connectivity index (χ4n) is 2.23. The Kier molecular flexibility index (Phi) is 3.51. The smallest absolute Gasteiger partial charge is 0.128 e. The lowest BCUT2D eigenvalue weighted by Crippen LogP contribution is -2.34. The van der Waals surface area contributed by atoms with Gasteiger partial charge >= 0.3 is 0 Å². The molecule has 1 unspecified atom stereocenters. The topological polar surface area (TPSA) is 38.0 Å². The van der Waals surface area contributed by atoms with Crippen molar-refractivity contribution in [2.75, 3.05) is 13.1 Å². The highest BCUT2D eigenvalue weighted by Crippen LogP contribution is 2.28. The van der Waals surface area contributed by atoms with Gasteiger partial charge in [0.1, 0.15) is 11.6 Å². The summed E-state index contributed by atoms with van der Waals surface area (Å²) in [5, 5.41) is 3.22. The van der Waals surface area contributed by atoms with Crippen molar-refractivity contribution in [1.29, 1.82) is 0 Å². The third-order valence-corrected chi connectivity index (χ3v) is 3.21. The van der Waals surface area contributed by atoms with E-state index in [1.807, 2.05) is 0 Å². The van der Waals surface area contributed by atoms with Crippen LogP contribution in [0.25, 0.3) is 0 Å². The molecule has 0 saturated carbocycles. The van der Waals surface area contributed by atoms with Gasteiger partial charge in [-0.25, -0.2) is 8.78 Å². The number of piperidine rings is 1. The van der Waals surface area contributed by atoms with Crippen LogP contribution in [0, 0.1) is 17.6 Å². The Labute approximate surface area is 93.8 Å². The number of rotatable bonds is 2. The molecule has 88 valence electrons. The van der Waals surface area contributed by atoms with Gasteiger partial charge in [-0.2, -0.15) is 0 Å². The molecular weight excluding hydrogens is 210 g/mol. The van der Waals surface area contributed by atoms with E-state index in [1.165, 1.54) is 6.07 Å². The van der Waals surface area contributed by atoms with Crippen LogP contribution in [0.3, 0.4) is 0 Å². The van der Waals surface area contributed by atoms with Crippen molar-refractivity contribution < 1.29 is 8.78 Å². The lowest BCUT2D eigenvalue weighted by molar-refractivity contribution is 0.316. The summed E-state index contributed by atoms with van der Waals surface area (Å²) in [6.45, 7) is 1.80. The minimum absolute atomic E-state index is 0.234. The van der Waals surface area contributed by atoms with Gasteiger partial charge in [0.05, 0.1) is 0 Å². The van der Waals surface area contributed by atoms with Crippen LogP contribution in [0.1, 0.15) is 24.4 Å². The van der Waals surface area contributed by atoms with Crippen LogP contribution < -0.4 is 11.1 Å². The molecule has 1 fully saturated rings. The third kappa shape index (κ3) is 2.39. The summed E-state index contributed by atoms with van der Waals surface area (Å²) in [4.78, 5) is 0. The van der Waals surface area contributed by atoms with Crippen LogP contribution in [0.4, 0.5) is 8.78 Å². The van der Waals surface area contributed by atoms with Crippen molar-refractivity contribution in [2.24, 2.45) is 11.7 Å². The predicted octanol–water partition coefficient (Wildman–Crippen LogP) is 1.96. The summed E-state index contributed by atoms with van der Waals surface area (Å²) in [6.07, 6.45) is 1.83. The molecule has 1 atom stereocenters. The highest BCUT2D eigenvalue weighted by atomic mass is 19.1. The Morgan fingerprint density at radius 1 is 1.25 bits per heavy atom. The van der Waals surface area contributed by atoms with E-state index in [2.05, 4.69) is 5.32 Å². The molecule has 0 spiro atoms. The average Bonchev–Trinajstić information content (AvgIpc) is 2.32. The predicted molar refractivity (Wildman–Crippen MR) is 58.9 cm³/mol. The number of halogens is 2. The molecule has 1 heterocycles. The highest BCUT2D eigenvalue weighted by molar-refractivity contribution is 5.22.